The lowest BCUT2D eigenvalue weighted by molar-refractivity contribution is 0.0740. The molecule has 2 heterocycles. The van der Waals surface area contributed by atoms with Crippen LogP contribution in [0.25, 0.3) is 10.1 Å². The summed E-state index contributed by atoms with van der Waals surface area (Å²) in [6.07, 6.45) is 0.914. The lowest BCUT2D eigenvalue weighted by Gasteiger charge is -2.27. The van der Waals surface area contributed by atoms with E-state index in [0.29, 0.717) is 45.2 Å². The Morgan fingerprint density at radius 2 is 1.95 bits per heavy atom. The Kier molecular flexibility index (Phi) is 8.11. The summed E-state index contributed by atoms with van der Waals surface area (Å²) in [4.78, 5) is 13.4. The fourth-order valence-electron chi connectivity index (χ4n) is 4.69. The van der Waals surface area contributed by atoms with E-state index in [4.69, 9.17) is 36.3 Å². The van der Waals surface area contributed by atoms with E-state index in [1.165, 1.54) is 11.3 Å². The molecule has 0 aliphatic carbocycles. The number of carbonyl (C=O) groups is 1. The SMILES string of the molecule is COc1cc(C2C(C#N)=C(N)Oc3cc(OC(=O)c4sc5cc(C)ccc5c4Cl)ccc32)ccc1OCCC(C)C. The number of nitrogens with two attached hydrogens (primary N) is 1. The molecule has 0 bridgehead atoms. The molecule has 9 heteroatoms. The number of carbonyl (C=O) groups excluding carboxylic acids is 1. The minimum Gasteiger partial charge on any atom is -0.493 e. The molecule has 0 radical (unpaired) electrons. The number of ether oxygens (including phenoxy) is 4. The van der Waals surface area contributed by atoms with Crippen LogP contribution in [0.2, 0.25) is 5.02 Å². The van der Waals surface area contributed by atoms with Crippen molar-refractivity contribution in [1.29, 1.82) is 5.26 Å². The second-order valence-electron chi connectivity index (χ2n) is 10.2. The molecule has 0 amide bonds. The van der Waals surface area contributed by atoms with Crippen LogP contribution in [0.3, 0.4) is 0 Å². The molecule has 2 N–H and O–H groups in total. The first-order valence-electron chi connectivity index (χ1n) is 13.1. The lowest BCUT2D eigenvalue weighted by Crippen LogP contribution is -2.21. The van der Waals surface area contributed by atoms with Gasteiger partial charge in [-0.05, 0) is 54.7 Å². The molecule has 1 aromatic heterocycles. The quantitative estimate of drug-likeness (QED) is 0.166. The van der Waals surface area contributed by atoms with Gasteiger partial charge in [-0.1, -0.05) is 49.7 Å². The van der Waals surface area contributed by atoms with Crippen molar-refractivity contribution in [3.8, 4) is 29.1 Å². The van der Waals surface area contributed by atoms with Crippen LogP contribution in [0.1, 0.15) is 52.5 Å². The number of nitriles is 1. The summed E-state index contributed by atoms with van der Waals surface area (Å²) in [5.74, 6) is 1.22. The van der Waals surface area contributed by atoms with Crippen LogP contribution in [-0.2, 0) is 0 Å². The van der Waals surface area contributed by atoms with Crippen molar-refractivity contribution < 1.29 is 23.7 Å². The topological polar surface area (TPSA) is 104 Å². The molecule has 1 aliphatic heterocycles. The van der Waals surface area contributed by atoms with Gasteiger partial charge in [-0.3, -0.25) is 0 Å². The zero-order valence-electron chi connectivity index (χ0n) is 23.1. The molecule has 4 aromatic rings. The number of benzene rings is 3. The maximum absolute atomic E-state index is 13.1. The maximum atomic E-state index is 13.1. The Balaban J connectivity index is 1.45. The van der Waals surface area contributed by atoms with Gasteiger partial charge in [0.2, 0.25) is 5.88 Å². The average Bonchev–Trinajstić information content (AvgIpc) is 3.27. The number of fused-ring (bicyclic) bond motifs is 2. The number of methoxy groups -OCH3 is 1. The van der Waals surface area contributed by atoms with Gasteiger partial charge >= 0.3 is 5.97 Å². The molecule has 1 atom stereocenters. The molecule has 1 unspecified atom stereocenters. The van der Waals surface area contributed by atoms with Gasteiger partial charge in [0.25, 0.3) is 0 Å². The molecular weight excluding hydrogens is 560 g/mol. The summed E-state index contributed by atoms with van der Waals surface area (Å²) in [6.45, 7) is 6.82. The van der Waals surface area contributed by atoms with Gasteiger partial charge in [0.1, 0.15) is 28.0 Å². The van der Waals surface area contributed by atoms with Crippen LogP contribution >= 0.6 is 22.9 Å². The smallest absolute Gasteiger partial charge is 0.355 e. The van der Waals surface area contributed by atoms with Crippen LogP contribution in [0.4, 0.5) is 0 Å². The minimum absolute atomic E-state index is 0.0207. The Bertz CT molecular complexity index is 1720. The maximum Gasteiger partial charge on any atom is 0.355 e. The van der Waals surface area contributed by atoms with Crippen LogP contribution in [-0.4, -0.2) is 19.7 Å². The first kappa shape index (κ1) is 28.3. The number of hydrogen-bond acceptors (Lipinski definition) is 8. The van der Waals surface area contributed by atoms with E-state index < -0.39 is 11.9 Å². The predicted octanol–water partition coefficient (Wildman–Crippen LogP) is 7.73. The molecule has 3 aromatic carbocycles. The first-order chi connectivity index (χ1) is 19.7. The third-order valence-corrected chi connectivity index (χ3v) is 8.48. The van der Waals surface area contributed by atoms with E-state index in [9.17, 15) is 10.1 Å². The Morgan fingerprint density at radius 3 is 2.68 bits per heavy atom. The van der Waals surface area contributed by atoms with Crippen molar-refractivity contribution in [1.82, 2.24) is 0 Å². The van der Waals surface area contributed by atoms with Crippen LogP contribution in [0, 0.1) is 24.2 Å². The summed E-state index contributed by atoms with van der Waals surface area (Å²) in [5, 5.41) is 11.1. The lowest BCUT2D eigenvalue weighted by atomic mass is 9.83. The Labute approximate surface area is 247 Å². The van der Waals surface area contributed by atoms with Crippen molar-refractivity contribution in [3.05, 3.63) is 92.6 Å². The van der Waals surface area contributed by atoms with E-state index in [2.05, 4.69) is 19.9 Å². The molecule has 0 fully saturated rings. The minimum atomic E-state index is -0.569. The number of halogens is 1. The predicted molar refractivity (Wildman–Crippen MR) is 160 cm³/mol. The van der Waals surface area contributed by atoms with Crippen molar-refractivity contribution in [2.24, 2.45) is 11.7 Å². The van der Waals surface area contributed by atoms with Gasteiger partial charge in [0.05, 0.1) is 24.7 Å². The highest BCUT2D eigenvalue weighted by atomic mass is 35.5. The van der Waals surface area contributed by atoms with Crippen molar-refractivity contribution in [2.75, 3.05) is 13.7 Å². The Hall–Kier alpha value is -4.19. The molecule has 210 valence electrons. The summed E-state index contributed by atoms with van der Waals surface area (Å²) in [7, 11) is 1.58. The molecule has 0 spiro atoms. The monoisotopic (exact) mass is 588 g/mol. The molecular formula is C32H29ClN2O5S. The van der Waals surface area contributed by atoms with E-state index in [-0.39, 0.29) is 17.2 Å². The third kappa shape index (κ3) is 5.69. The third-order valence-electron chi connectivity index (χ3n) is 6.85. The molecule has 1 aliphatic rings. The van der Waals surface area contributed by atoms with Gasteiger partial charge in [-0.2, -0.15) is 5.26 Å². The standard InChI is InChI=1S/C32H29ClN2O5S/c1-17(2)11-12-38-24-10-6-19(14-26(24)37-4)28-21-9-7-20(15-25(21)40-31(35)23(28)16-34)39-32(36)30-29(33)22-8-5-18(3)13-27(22)41-30/h5-10,13-15,17,28H,11-12,35H2,1-4H3. The second-order valence-corrected chi connectivity index (χ2v) is 11.6. The molecule has 5 rings (SSSR count). The van der Waals surface area contributed by atoms with Gasteiger partial charge in [-0.25, -0.2) is 4.79 Å². The van der Waals surface area contributed by atoms with Crippen LogP contribution in [0.5, 0.6) is 23.0 Å². The summed E-state index contributed by atoms with van der Waals surface area (Å²) in [5.41, 5.74) is 9.02. The number of rotatable bonds is 8. The molecule has 7 nitrogen and oxygen atoms in total. The first-order valence-corrected chi connectivity index (χ1v) is 14.3. The number of aryl methyl sites for hydroxylation is 1. The van der Waals surface area contributed by atoms with Crippen molar-refractivity contribution in [2.45, 2.75) is 33.1 Å². The van der Waals surface area contributed by atoms with Crippen LogP contribution < -0.4 is 24.7 Å². The van der Waals surface area contributed by atoms with E-state index >= 15 is 0 Å². The number of hydrogen-bond donors (Lipinski definition) is 1. The second kappa shape index (κ2) is 11.7. The zero-order valence-corrected chi connectivity index (χ0v) is 24.7. The van der Waals surface area contributed by atoms with E-state index in [1.807, 2.05) is 43.3 Å². The largest absolute Gasteiger partial charge is 0.493 e. The highest BCUT2D eigenvalue weighted by Gasteiger charge is 2.32. The summed E-state index contributed by atoms with van der Waals surface area (Å²) >= 11 is 7.80. The number of allylic oxidation sites excluding steroid dienone is 1. The fourth-order valence-corrected chi connectivity index (χ4v) is 6.17. The van der Waals surface area contributed by atoms with E-state index in [0.717, 1.165) is 27.6 Å². The Morgan fingerprint density at radius 1 is 1.15 bits per heavy atom. The summed E-state index contributed by atoms with van der Waals surface area (Å²) in [6, 6.07) is 18.6. The fraction of sp³-hybridized carbons (Fsp3) is 0.250. The number of nitrogens with zero attached hydrogens (tertiary/aromatic N) is 1. The van der Waals surface area contributed by atoms with Gasteiger partial charge in [0, 0.05) is 21.7 Å². The van der Waals surface area contributed by atoms with Crippen molar-refractivity contribution in [3.63, 3.8) is 0 Å². The highest BCUT2D eigenvalue weighted by Crippen LogP contribution is 2.45. The van der Waals surface area contributed by atoms with Gasteiger partial charge in [0.15, 0.2) is 11.5 Å². The summed E-state index contributed by atoms with van der Waals surface area (Å²) < 4.78 is 24.0. The molecule has 41 heavy (non-hydrogen) atoms. The van der Waals surface area contributed by atoms with E-state index in [1.54, 1.807) is 25.3 Å². The number of esters is 1. The van der Waals surface area contributed by atoms with Crippen molar-refractivity contribution >= 4 is 39.0 Å². The normalized spacial score (nSPS) is 14.4. The average molecular weight is 589 g/mol. The molecule has 0 saturated carbocycles. The van der Waals surface area contributed by atoms with Gasteiger partial charge < -0.3 is 24.7 Å². The molecule has 0 saturated heterocycles. The number of thiophene rings is 1. The highest BCUT2D eigenvalue weighted by molar-refractivity contribution is 7.21. The zero-order chi connectivity index (χ0) is 29.3. The van der Waals surface area contributed by atoms with Gasteiger partial charge in [-0.15, -0.1) is 11.3 Å². The van der Waals surface area contributed by atoms with Crippen LogP contribution in [0.15, 0.2) is 66.1 Å².